The number of hydrogen-bond donors (Lipinski definition) is 1. The second-order valence-corrected chi connectivity index (χ2v) is 3.53. The van der Waals surface area contributed by atoms with E-state index in [1.54, 1.807) is 0 Å². The van der Waals surface area contributed by atoms with E-state index >= 15 is 0 Å². The Labute approximate surface area is 91.0 Å². The van der Waals surface area contributed by atoms with Gasteiger partial charge in [-0.05, 0) is 6.07 Å². The van der Waals surface area contributed by atoms with Crippen LogP contribution in [0.3, 0.4) is 0 Å². The molecule has 14 heavy (non-hydrogen) atoms. The number of carbonyl (C=O) groups is 1. The molecule has 1 N–H and O–H groups in total. The molecule has 1 aromatic carbocycles. The lowest BCUT2D eigenvalue weighted by Gasteiger charge is -2.06. The lowest BCUT2D eigenvalue weighted by molar-refractivity contribution is -0.119. The predicted molar refractivity (Wildman–Crippen MR) is 53.9 cm³/mol. The van der Waals surface area contributed by atoms with E-state index in [2.05, 4.69) is 5.32 Å². The molecule has 0 radical (unpaired) electrons. The van der Waals surface area contributed by atoms with Crippen LogP contribution in [0.15, 0.2) is 12.1 Å². The number of carbonyl (C=O) groups excluding carboxylic acids is 1. The van der Waals surface area contributed by atoms with Crippen molar-refractivity contribution in [1.82, 2.24) is 5.32 Å². The number of amides is 1. The highest BCUT2D eigenvalue weighted by molar-refractivity contribution is 6.42. The lowest BCUT2D eigenvalue weighted by atomic mass is 10.2. The lowest BCUT2D eigenvalue weighted by Crippen LogP contribution is -2.19. The van der Waals surface area contributed by atoms with Crippen LogP contribution in [0, 0.1) is 5.82 Å². The maximum atomic E-state index is 13.3. The van der Waals surface area contributed by atoms with Gasteiger partial charge in [0.1, 0.15) is 5.82 Å². The highest BCUT2D eigenvalue weighted by Gasteiger charge is 2.10. The first-order chi connectivity index (χ1) is 6.52. The van der Waals surface area contributed by atoms with Crippen molar-refractivity contribution in [3.05, 3.63) is 33.6 Å². The molecule has 0 unspecified atom stereocenters. The Kier molecular flexibility index (Phi) is 3.72. The van der Waals surface area contributed by atoms with Crippen LogP contribution in [0.25, 0.3) is 0 Å². The molecule has 0 bridgehead atoms. The Bertz CT molecular complexity index is 368. The first kappa shape index (κ1) is 11.3. The Morgan fingerprint density at radius 1 is 1.50 bits per heavy atom. The third-order valence-corrected chi connectivity index (χ3v) is 2.42. The van der Waals surface area contributed by atoms with Gasteiger partial charge in [-0.15, -0.1) is 0 Å². The second-order valence-electron chi connectivity index (χ2n) is 2.74. The standard InChI is InChI=1S/C9H8Cl2FNO/c1-5(14)13-4-6-2-3-7(10)8(11)9(6)12/h2-3H,4H2,1H3,(H,13,14). The average Bonchev–Trinajstić information content (AvgIpc) is 2.13. The first-order valence-corrected chi connectivity index (χ1v) is 4.64. The molecule has 0 saturated carbocycles. The SMILES string of the molecule is CC(=O)NCc1ccc(Cl)c(Cl)c1F. The van der Waals surface area contributed by atoms with Gasteiger partial charge in [0.15, 0.2) is 0 Å². The quantitative estimate of drug-likeness (QED) is 0.786. The van der Waals surface area contributed by atoms with E-state index in [-0.39, 0.29) is 22.5 Å². The molecule has 0 spiro atoms. The second kappa shape index (κ2) is 4.62. The van der Waals surface area contributed by atoms with E-state index in [1.165, 1.54) is 19.1 Å². The van der Waals surface area contributed by atoms with Crippen LogP contribution in [0.2, 0.25) is 10.0 Å². The number of hydrogen-bond acceptors (Lipinski definition) is 1. The van der Waals surface area contributed by atoms with Crippen molar-refractivity contribution < 1.29 is 9.18 Å². The minimum absolute atomic E-state index is 0.109. The van der Waals surface area contributed by atoms with Crippen LogP contribution < -0.4 is 5.32 Å². The molecule has 0 atom stereocenters. The molecule has 5 heteroatoms. The summed E-state index contributed by atoms with van der Waals surface area (Å²) in [5.74, 6) is -0.816. The van der Waals surface area contributed by atoms with Crippen LogP contribution in [-0.4, -0.2) is 5.91 Å². The van der Waals surface area contributed by atoms with Gasteiger partial charge in [-0.3, -0.25) is 4.79 Å². The van der Waals surface area contributed by atoms with E-state index in [0.29, 0.717) is 5.56 Å². The molecule has 0 saturated heterocycles. The maximum absolute atomic E-state index is 13.3. The molecule has 0 aliphatic carbocycles. The van der Waals surface area contributed by atoms with Gasteiger partial charge in [0.2, 0.25) is 5.91 Å². The van der Waals surface area contributed by atoms with Crippen LogP contribution in [0.1, 0.15) is 12.5 Å². The molecule has 0 aromatic heterocycles. The largest absolute Gasteiger partial charge is 0.352 e. The Balaban J connectivity index is 2.88. The fourth-order valence-corrected chi connectivity index (χ4v) is 1.25. The van der Waals surface area contributed by atoms with E-state index in [9.17, 15) is 9.18 Å². The van der Waals surface area contributed by atoms with E-state index in [1.807, 2.05) is 0 Å². The maximum Gasteiger partial charge on any atom is 0.217 e. The van der Waals surface area contributed by atoms with E-state index in [4.69, 9.17) is 23.2 Å². The molecule has 2 nitrogen and oxygen atoms in total. The zero-order valence-electron chi connectivity index (χ0n) is 7.40. The van der Waals surface area contributed by atoms with Crippen molar-refractivity contribution in [1.29, 1.82) is 0 Å². The van der Waals surface area contributed by atoms with Crippen molar-refractivity contribution in [3.63, 3.8) is 0 Å². The third kappa shape index (κ3) is 2.59. The minimum atomic E-state index is -0.590. The molecule has 0 aliphatic heterocycles. The molecule has 0 heterocycles. The molecule has 0 aliphatic rings. The summed E-state index contributed by atoms with van der Waals surface area (Å²) in [4.78, 5) is 10.6. The van der Waals surface area contributed by atoms with Gasteiger partial charge in [0, 0.05) is 19.0 Å². The molecule has 1 aromatic rings. The summed E-state index contributed by atoms with van der Waals surface area (Å²) in [6.07, 6.45) is 0. The van der Waals surface area contributed by atoms with Crippen molar-refractivity contribution in [2.45, 2.75) is 13.5 Å². The van der Waals surface area contributed by atoms with Crippen molar-refractivity contribution >= 4 is 29.1 Å². The Morgan fingerprint density at radius 3 is 2.71 bits per heavy atom. The number of nitrogens with one attached hydrogen (secondary N) is 1. The van der Waals surface area contributed by atoms with Gasteiger partial charge in [-0.1, -0.05) is 29.3 Å². The summed E-state index contributed by atoms with van der Waals surface area (Å²) < 4.78 is 13.3. The Morgan fingerprint density at radius 2 is 2.14 bits per heavy atom. The van der Waals surface area contributed by atoms with Crippen LogP contribution in [0.5, 0.6) is 0 Å². The van der Waals surface area contributed by atoms with Crippen LogP contribution >= 0.6 is 23.2 Å². The zero-order valence-corrected chi connectivity index (χ0v) is 8.92. The van der Waals surface area contributed by atoms with E-state index in [0.717, 1.165) is 0 Å². The van der Waals surface area contributed by atoms with Crippen LogP contribution in [-0.2, 0) is 11.3 Å². The zero-order chi connectivity index (χ0) is 10.7. The van der Waals surface area contributed by atoms with Gasteiger partial charge in [-0.2, -0.15) is 0 Å². The number of benzene rings is 1. The summed E-state index contributed by atoms with van der Waals surface area (Å²) in [7, 11) is 0. The monoisotopic (exact) mass is 235 g/mol. The van der Waals surface area contributed by atoms with Gasteiger partial charge >= 0.3 is 0 Å². The van der Waals surface area contributed by atoms with E-state index < -0.39 is 5.82 Å². The third-order valence-electron chi connectivity index (χ3n) is 1.64. The van der Waals surface area contributed by atoms with Gasteiger partial charge < -0.3 is 5.32 Å². The Hall–Kier alpha value is -0.800. The van der Waals surface area contributed by atoms with Crippen molar-refractivity contribution in [3.8, 4) is 0 Å². The molecule has 76 valence electrons. The molecule has 1 amide bonds. The minimum Gasteiger partial charge on any atom is -0.352 e. The molecular formula is C9H8Cl2FNO. The van der Waals surface area contributed by atoms with Gasteiger partial charge in [-0.25, -0.2) is 4.39 Å². The molecule has 0 fully saturated rings. The molecular weight excluding hydrogens is 228 g/mol. The van der Waals surface area contributed by atoms with Gasteiger partial charge in [0.05, 0.1) is 10.0 Å². The summed E-state index contributed by atoms with van der Waals surface area (Å²) in [6, 6.07) is 2.98. The van der Waals surface area contributed by atoms with Gasteiger partial charge in [0.25, 0.3) is 0 Å². The number of rotatable bonds is 2. The summed E-state index contributed by atoms with van der Waals surface area (Å²) in [5.41, 5.74) is 0.314. The first-order valence-electron chi connectivity index (χ1n) is 3.89. The summed E-state index contributed by atoms with van der Waals surface area (Å²) in [6.45, 7) is 1.47. The normalized spacial score (nSPS) is 10.0. The summed E-state index contributed by atoms with van der Waals surface area (Å²) in [5, 5.41) is 2.52. The fraction of sp³-hybridized carbons (Fsp3) is 0.222. The average molecular weight is 236 g/mol. The topological polar surface area (TPSA) is 29.1 Å². The highest BCUT2D eigenvalue weighted by Crippen LogP contribution is 2.26. The predicted octanol–water partition coefficient (Wildman–Crippen LogP) is 2.77. The molecule has 1 rings (SSSR count). The number of halogens is 3. The fourth-order valence-electron chi connectivity index (χ4n) is 0.922. The van der Waals surface area contributed by atoms with Crippen molar-refractivity contribution in [2.24, 2.45) is 0 Å². The smallest absolute Gasteiger partial charge is 0.217 e. The van der Waals surface area contributed by atoms with Crippen molar-refractivity contribution in [2.75, 3.05) is 0 Å². The van der Waals surface area contributed by atoms with Crippen LogP contribution in [0.4, 0.5) is 4.39 Å². The highest BCUT2D eigenvalue weighted by atomic mass is 35.5. The summed E-state index contributed by atoms with van der Waals surface area (Å²) >= 11 is 11.2.